The second-order valence-electron chi connectivity index (χ2n) is 6.36. The number of furan rings is 1. The Morgan fingerprint density at radius 2 is 2.05 bits per heavy atom. The Labute approximate surface area is 132 Å². The maximum atomic E-state index is 5.65. The van der Waals surface area contributed by atoms with Crippen LogP contribution < -0.4 is 5.32 Å². The van der Waals surface area contributed by atoms with Crippen LogP contribution in [0.15, 0.2) is 34.3 Å². The molecule has 3 nitrogen and oxygen atoms in total. The van der Waals surface area contributed by atoms with Crippen molar-refractivity contribution < 1.29 is 4.42 Å². The summed E-state index contributed by atoms with van der Waals surface area (Å²) in [5.74, 6) is 1.05. The molecule has 0 fully saturated rings. The minimum absolute atomic E-state index is 0.103. The molecule has 0 aliphatic heterocycles. The predicted octanol–water partition coefficient (Wildman–Crippen LogP) is 4.25. The van der Waals surface area contributed by atoms with Crippen LogP contribution in [0.4, 0.5) is 0 Å². The molecular formula is C17H26N2OS. The van der Waals surface area contributed by atoms with Gasteiger partial charge in [0.25, 0.3) is 0 Å². The van der Waals surface area contributed by atoms with Gasteiger partial charge in [0.05, 0.1) is 12.8 Å². The third kappa shape index (κ3) is 5.30. The Kier molecular flexibility index (Phi) is 5.62. The van der Waals surface area contributed by atoms with Gasteiger partial charge in [0.15, 0.2) is 0 Å². The van der Waals surface area contributed by atoms with E-state index in [-0.39, 0.29) is 5.54 Å². The van der Waals surface area contributed by atoms with Gasteiger partial charge in [-0.2, -0.15) is 0 Å². The lowest BCUT2D eigenvalue weighted by Crippen LogP contribution is -2.35. The quantitative estimate of drug-likeness (QED) is 0.829. The summed E-state index contributed by atoms with van der Waals surface area (Å²) >= 11 is 1.82. The highest BCUT2D eigenvalue weighted by atomic mass is 32.1. The van der Waals surface area contributed by atoms with Crippen LogP contribution in [0.25, 0.3) is 0 Å². The van der Waals surface area contributed by atoms with E-state index in [0.717, 1.165) is 31.9 Å². The lowest BCUT2D eigenvalue weighted by atomic mass is 10.1. The molecule has 116 valence electrons. The van der Waals surface area contributed by atoms with Crippen molar-refractivity contribution in [2.24, 2.45) is 0 Å². The van der Waals surface area contributed by atoms with Crippen molar-refractivity contribution in [1.29, 1.82) is 0 Å². The summed E-state index contributed by atoms with van der Waals surface area (Å²) in [6.45, 7) is 12.5. The minimum Gasteiger partial charge on any atom is -0.468 e. The van der Waals surface area contributed by atoms with Crippen LogP contribution in [0, 0.1) is 0 Å². The zero-order valence-electron chi connectivity index (χ0n) is 13.5. The van der Waals surface area contributed by atoms with E-state index in [1.54, 1.807) is 6.26 Å². The van der Waals surface area contributed by atoms with Crippen LogP contribution in [0.5, 0.6) is 0 Å². The van der Waals surface area contributed by atoms with Crippen LogP contribution in [-0.2, 0) is 19.6 Å². The van der Waals surface area contributed by atoms with E-state index in [4.69, 9.17) is 4.42 Å². The summed E-state index contributed by atoms with van der Waals surface area (Å²) in [5, 5.41) is 5.63. The first-order chi connectivity index (χ1) is 9.98. The molecule has 0 saturated carbocycles. The number of nitrogens with one attached hydrogen (secondary N) is 1. The van der Waals surface area contributed by atoms with E-state index in [2.05, 4.69) is 61.5 Å². The van der Waals surface area contributed by atoms with Crippen molar-refractivity contribution in [2.45, 2.75) is 52.9 Å². The molecule has 0 saturated heterocycles. The lowest BCUT2D eigenvalue weighted by Gasteiger charge is -2.22. The molecule has 0 aliphatic carbocycles. The minimum atomic E-state index is 0.103. The first kappa shape index (κ1) is 16.3. The summed E-state index contributed by atoms with van der Waals surface area (Å²) in [5.41, 5.74) is 1.39. The standard InChI is InChI=1S/C17H26N2OS/c1-5-19(13-15-7-6-10-21-15)12-14-8-9-20-16(14)11-18-17(2,3)4/h6-10,18H,5,11-13H2,1-4H3. The van der Waals surface area contributed by atoms with Gasteiger partial charge in [-0.3, -0.25) is 4.90 Å². The van der Waals surface area contributed by atoms with Gasteiger partial charge in [-0.05, 0) is 44.8 Å². The van der Waals surface area contributed by atoms with Gasteiger partial charge in [-0.15, -0.1) is 11.3 Å². The predicted molar refractivity (Wildman–Crippen MR) is 89.4 cm³/mol. The van der Waals surface area contributed by atoms with Gasteiger partial charge >= 0.3 is 0 Å². The smallest absolute Gasteiger partial charge is 0.122 e. The zero-order chi connectivity index (χ0) is 15.3. The number of nitrogens with zero attached hydrogens (tertiary/aromatic N) is 1. The van der Waals surface area contributed by atoms with Crippen molar-refractivity contribution in [3.8, 4) is 0 Å². The summed E-state index contributed by atoms with van der Waals surface area (Å²) in [7, 11) is 0. The average Bonchev–Trinajstić information content (AvgIpc) is 3.06. The second-order valence-corrected chi connectivity index (χ2v) is 7.39. The second kappa shape index (κ2) is 7.25. The van der Waals surface area contributed by atoms with E-state index < -0.39 is 0 Å². The van der Waals surface area contributed by atoms with E-state index in [0.29, 0.717) is 0 Å². The first-order valence-corrected chi connectivity index (χ1v) is 8.41. The Bertz CT molecular complexity index is 525. The van der Waals surface area contributed by atoms with E-state index in [9.17, 15) is 0 Å². The summed E-state index contributed by atoms with van der Waals surface area (Å²) in [6.07, 6.45) is 1.80. The van der Waals surface area contributed by atoms with Gasteiger partial charge in [-0.25, -0.2) is 0 Å². The molecule has 1 N–H and O–H groups in total. The highest BCUT2D eigenvalue weighted by Gasteiger charge is 2.14. The Hall–Kier alpha value is -1.10. The molecule has 2 aromatic rings. The first-order valence-electron chi connectivity index (χ1n) is 7.53. The molecule has 21 heavy (non-hydrogen) atoms. The average molecular weight is 306 g/mol. The Morgan fingerprint density at radius 3 is 2.67 bits per heavy atom. The molecule has 0 radical (unpaired) electrons. The third-order valence-electron chi connectivity index (χ3n) is 3.42. The molecule has 2 heterocycles. The Morgan fingerprint density at radius 1 is 1.24 bits per heavy atom. The van der Waals surface area contributed by atoms with Crippen LogP contribution in [0.3, 0.4) is 0 Å². The molecule has 0 atom stereocenters. The van der Waals surface area contributed by atoms with Crippen molar-refractivity contribution in [3.05, 3.63) is 46.0 Å². The van der Waals surface area contributed by atoms with Crippen LogP contribution in [0.2, 0.25) is 0 Å². The fraction of sp³-hybridized carbons (Fsp3) is 0.529. The molecular weight excluding hydrogens is 280 g/mol. The highest BCUT2D eigenvalue weighted by Crippen LogP contribution is 2.18. The third-order valence-corrected chi connectivity index (χ3v) is 4.28. The molecule has 0 bridgehead atoms. The van der Waals surface area contributed by atoms with Gasteiger partial charge in [0.1, 0.15) is 5.76 Å². The maximum Gasteiger partial charge on any atom is 0.122 e. The summed E-state index contributed by atoms with van der Waals surface area (Å²) in [6, 6.07) is 6.41. The van der Waals surface area contributed by atoms with Gasteiger partial charge in [0.2, 0.25) is 0 Å². The normalized spacial score (nSPS) is 12.2. The molecule has 2 aromatic heterocycles. The van der Waals surface area contributed by atoms with Crippen molar-refractivity contribution in [3.63, 3.8) is 0 Å². The largest absolute Gasteiger partial charge is 0.468 e. The molecule has 0 aromatic carbocycles. The van der Waals surface area contributed by atoms with E-state index in [1.165, 1.54) is 10.4 Å². The van der Waals surface area contributed by atoms with Crippen LogP contribution >= 0.6 is 11.3 Å². The molecule has 0 amide bonds. The molecule has 0 aliphatic rings. The van der Waals surface area contributed by atoms with Gasteiger partial charge in [-0.1, -0.05) is 13.0 Å². The molecule has 2 rings (SSSR count). The zero-order valence-corrected chi connectivity index (χ0v) is 14.3. The molecule has 4 heteroatoms. The van der Waals surface area contributed by atoms with Gasteiger partial charge < -0.3 is 9.73 Å². The van der Waals surface area contributed by atoms with Crippen molar-refractivity contribution in [1.82, 2.24) is 10.2 Å². The van der Waals surface area contributed by atoms with Crippen molar-refractivity contribution in [2.75, 3.05) is 6.54 Å². The molecule has 0 spiro atoms. The SMILES string of the molecule is CCN(Cc1cccs1)Cc1ccoc1CNC(C)(C)C. The van der Waals surface area contributed by atoms with Gasteiger partial charge in [0, 0.05) is 29.1 Å². The number of hydrogen-bond acceptors (Lipinski definition) is 4. The fourth-order valence-corrected chi connectivity index (χ4v) is 2.90. The van der Waals surface area contributed by atoms with E-state index in [1.807, 2.05) is 11.3 Å². The monoisotopic (exact) mass is 306 g/mol. The lowest BCUT2D eigenvalue weighted by molar-refractivity contribution is 0.270. The summed E-state index contributed by atoms with van der Waals surface area (Å²) < 4.78 is 5.65. The van der Waals surface area contributed by atoms with E-state index >= 15 is 0 Å². The molecule has 0 unspecified atom stereocenters. The Balaban J connectivity index is 1.96. The number of rotatable bonds is 7. The van der Waals surface area contributed by atoms with Crippen LogP contribution in [-0.4, -0.2) is 17.0 Å². The summed E-state index contributed by atoms with van der Waals surface area (Å²) in [4.78, 5) is 3.85. The van der Waals surface area contributed by atoms with Crippen molar-refractivity contribution >= 4 is 11.3 Å². The highest BCUT2D eigenvalue weighted by molar-refractivity contribution is 7.09. The van der Waals surface area contributed by atoms with Crippen LogP contribution in [0.1, 0.15) is 43.9 Å². The maximum absolute atomic E-state index is 5.65. The number of thiophene rings is 1. The fourth-order valence-electron chi connectivity index (χ4n) is 2.15. The topological polar surface area (TPSA) is 28.4 Å². The number of hydrogen-bond donors (Lipinski definition) is 1.